The highest BCUT2D eigenvalue weighted by atomic mass is 14.9. The fraction of sp³-hybridized carbons (Fsp3) is 0.647. The lowest BCUT2D eigenvalue weighted by atomic mass is 9.74. The van der Waals surface area contributed by atoms with Crippen LogP contribution in [-0.2, 0) is 6.42 Å². The van der Waals surface area contributed by atoms with Crippen LogP contribution in [0.1, 0.15) is 51.0 Å². The van der Waals surface area contributed by atoms with Gasteiger partial charge in [0.1, 0.15) is 0 Å². The number of benzene rings is 1. The summed E-state index contributed by atoms with van der Waals surface area (Å²) in [5, 5.41) is 3.61. The molecule has 0 saturated heterocycles. The second-order valence-corrected chi connectivity index (χ2v) is 5.79. The van der Waals surface area contributed by atoms with Crippen molar-refractivity contribution in [1.82, 2.24) is 5.32 Å². The summed E-state index contributed by atoms with van der Waals surface area (Å²) < 4.78 is 0. The molecule has 0 bridgehead atoms. The first kappa shape index (κ1) is 13.6. The summed E-state index contributed by atoms with van der Waals surface area (Å²) in [7, 11) is 2.14. The van der Waals surface area contributed by atoms with Gasteiger partial charge in [-0.2, -0.15) is 0 Å². The van der Waals surface area contributed by atoms with Crippen molar-refractivity contribution in [2.75, 3.05) is 7.05 Å². The van der Waals surface area contributed by atoms with Crippen molar-refractivity contribution in [3.8, 4) is 0 Å². The van der Waals surface area contributed by atoms with E-state index in [0.717, 1.165) is 0 Å². The smallest absolute Gasteiger partial charge is 0.0124 e. The summed E-state index contributed by atoms with van der Waals surface area (Å²) in [6.45, 7) is 2.37. The molecule has 1 unspecified atom stereocenters. The van der Waals surface area contributed by atoms with Crippen LogP contribution in [0.5, 0.6) is 0 Å². The Kier molecular flexibility index (Phi) is 4.82. The SMILES string of the molecule is CCC1(C(CCc2ccccc2)NC)CCCC1. The molecule has 1 heteroatoms. The maximum Gasteiger partial charge on any atom is 0.0124 e. The maximum absolute atomic E-state index is 3.61. The molecule has 1 aliphatic carbocycles. The van der Waals surface area contributed by atoms with Crippen LogP contribution in [0.4, 0.5) is 0 Å². The summed E-state index contributed by atoms with van der Waals surface area (Å²) in [5.74, 6) is 0. The number of rotatable bonds is 6. The summed E-state index contributed by atoms with van der Waals surface area (Å²) >= 11 is 0. The lowest BCUT2D eigenvalue weighted by Gasteiger charge is -2.37. The lowest BCUT2D eigenvalue weighted by molar-refractivity contribution is 0.184. The van der Waals surface area contributed by atoms with Gasteiger partial charge in [-0.3, -0.25) is 0 Å². The molecule has 0 spiro atoms. The van der Waals surface area contributed by atoms with E-state index in [-0.39, 0.29) is 0 Å². The molecule has 1 N–H and O–H groups in total. The van der Waals surface area contributed by atoms with Crippen LogP contribution in [0.3, 0.4) is 0 Å². The summed E-state index contributed by atoms with van der Waals surface area (Å²) in [5.41, 5.74) is 2.05. The third-order valence-electron chi connectivity index (χ3n) is 4.96. The first-order valence-electron chi connectivity index (χ1n) is 7.52. The van der Waals surface area contributed by atoms with Gasteiger partial charge in [0, 0.05) is 6.04 Å². The van der Waals surface area contributed by atoms with E-state index in [9.17, 15) is 0 Å². The molecule has 0 amide bonds. The highest BCUT2D eigenvalue weighted by Gasteiger charge is 2.38. The number of hydrogen-bond donors (Lipinski definition) is 1. The van der Waals surface area contributed by atoms with Gasteiger partial charge in [-0.05, 0) is 50.1 Å². The van der Waals surface area contributed by atoms with Crippen molar-refractivity contribution >= 4 is 0 Å². The van der Waals surface area contributed by atoms with Gasteiger partial charge in [-0.15, -0.1) is 0 Å². The van der Waals surface area contributed by atoms with E-state index in [2.05, 4.69) is 49.6 Å². The van der Waals surface area contributed by atoms with Crippen molar-refractivity contribution in [3.63, 3.8) is 0 Å². The minimum atomic E-state index is 0.573. The Labute approximate surface area is 112 Å². The van der Waals surface area contributed by atoms with E-state index in [1.54, 1.807) is 0 Å². The van der Waals surface area contributed by atoms with Crippen LogP contribution < -0.4 is 5.32 Å². The molecule has 1 nitrogen and oxygen atoms in total. The Hall–Kier alpha value is -0.820. The zero-order chi connectivity index (χ0) is 12.8. The zero-order valence-corrected chi connectivity index (χ0v) is 11.9. The molecule has 1 atom stereocenters. The number of hydrogen-bond acceptors (Lipinski definition) is 1. The summed E-state index contributed by atoms with van der Waals surface area (Å²) in [6.07, 6.45) is 9.50. The van der Waals surface area contributed by atoms with Crippen LogP contribution in [-0.4, -0.2) is 13.1 Å². The molecule has 0 aliphatic heterocycles. The fourth-order valence-corrected chi connectivity index (χ4v) is 3.74. The molecular formula is C17H27N. The highest BCUT2D eigenvalue weighted by molar-refractivity contribution is 5.15. The lowest BCUT2D eigenvalue weighted by Crippen LogP contribution is -2.42. The molecule has 100 valence electrons. The molecule has 0 radical (unpaired) electrons. The van der Waals surface area contributed by atoms with Gasteiger partial charge in [0.2, 0.25) is 0 Å². The molecule has 1 saturated carbocycles. The van der Waals surface area contributed by atoms with Gasteiger partial charge in [-0.1, -0.05) is 50.1 Å². The monoisotopic (exact) mass is 245 g/mol. The minimum Gasteiger partial charge on any atom is -0.316 e. The van der Waals surface area contributed by atoms with E-state index in [4.69, 9.17) is 0 Å². The first-order valence-corrected chi connectivity index (χ1v) is 7.52. The average Bonchev–Trinajstić information content (AvgIpc) is 2.91. The van der Waals surface area contributed by atoms with Crippen LogP contribution in [0, 0.1) is 5.41 Å². The molecule has 2 rings (SSSR count). The summed E-state index contributed by atoms with van der Waals surface area (Å²) in [6, 6.07) is 11.6. The maximum atomic E-state index is 3.61. The second-order valence-electron chi connectivity index (χ2n) is 5.79. The van der Waals surface area contributed by atoms with Crippen molar-refractivity contribution in [2.45, 2.75) is 57.9 Å². The molecule has 1 aromatic rings. The van der Waals surface area contributed by atoms with E-state index in [1.165, 1.54) is 50.5 Å². The standard InChI is InChI=1S/C17H27N/c1-3-17(13-7-8-14-17)16(18-2)12-11-15-9-5-4-6-10-15/h4-6,9-10,16,18H,3,7-8,11-14H2,1-2H3. The Morgan fingerprint density at radius 2 is 1.83 bits per heavy atom. The van der Waals surface area contributed by atoms with Crippen molar-refractivity contribution in [1.29, 1.82) is 0 Å². The van der Waals surface area contributed by atoms with E-state index in [0.29, 0.717) is 11.5 Å². The normalized spacial score (nSPS) is 19.9. The van der Waals surface area contributed by atoms with Gasteiger partial charge in [0.05, 0.1) is 0 Å². The highest BCUT2D eigenvalue weighted by Crippen LogP contribution is 2.44. The van der Waals surface area contributed by atoms with Gasteiger partial charge in [-0.25, -0.2) is 0 Å². The number of aryl methyl sites for hydroxylation is 1. The van der Waals surface area contributed by atoms with E-state index >= 15 is 0 Å². The van der Waals surface area contributed by atoms with Gasteiger partial charge >= 0.3 is 0 Å². The summed E-state index contributed by atoms with van der Waals surface area (Å²) in [4.78, 5) is 0. The van der Waals surface area contributed by atoms with Crippen molar-refractivity contribution in [2.24, 2.45) is 5.41 Å². The minimum absolute atomic E-state index is 0.573. The molecule has 0 aromatic heterocycles. The van der Waals surface area contributed by atoms with Gasteiger partial charge in [0.15, 0.2) is 0 Å². The van der Waals surface area contributed by atoms with Crippen LogP contribution in [0.15, 0.2) is 30.3 Å². The largest absolute Gasteiger partial charge is 0.316 e. The molecule has 1 fully saturated rings. The van der Waals surface area contributed by atoms with Crippen molar-refractivity contribution < 1.29 is 0 Å². The quantitative estimate of drug-likeness (QED) is 0.793. The predicted molar refractivity (Wildman–Crippen MR) is 78.8 cm³/mol. The Morgan fingerprint density at radius 1 is 1.17 bits per heavy atom. The Morgan fingerprint density at radius 3 is 2.39 bits per heavy atom. The Balaban J connectivity index is 1.96. The van der Waals surface area contributed by atoms with Crippen LogP contribution in [0.2, 0.25) is 0 Å². The molecule has 0 heterocycles. The van der Waals surface area contributed by atoms with Crippen LogP contribution >= 0.6 is 0 Å². The zero-order valence-electron chi connectivity index (χ0n) is 11.9. The van der Waals surface area contributed by atoms with Crippen LogP contribution in [0.25, 0.3) is 0 Å². The topological polar surface area (TPSA) is 12.0 Å². The van der Waals surface area contributed by atoms with Crippen molar-refractivity contribution in [3.05, 3.63) is 35.9 Å². The molecule has 18 heavy (non-hydrogen) atoms. The van der Waals surface area contributed by atoms with Gasteiger partial charge < -0.3 is 5.32 Å². The van der Waals surface area contributed by atoms with E-state index in [1.807, 2.05) is 0 Å². The Bertz CT molecular complexity index is 338. The third-order valence-corrected chi connectivity index (χ3v) is 4.96. The average molecular weight is 245 g/mol. The molecular weight excluding hydrogens is 218 g/mol. The van der Waals surface area contributed by atoms with E-state index < -0.39 is 0 Å². The number of nitrogens with one attached hydrogen (secondary N) is 1. The molecule has 1 aliphatic rings. The van der Waals surface area contributed by atoms with Gasteiger partial charge in [0.25, 0.3) is 0 Å². The third kappa shape index (κ3) is 2.95. The predicted octanol–water partition coefficient (Wildman–Crippen LogP) is 4.18. The first-order chi connectivity index (χ1) is 8.80. The fourth-order valence-electron chi connectivity index (χ4n) is 3.74. The second kappa shape index (κ2) is 6.38. The molecule has 1 aromatic carbocycles.